The van der Waals surface area contributed by atoms with Gasteiger partial charge in [-0.3, -0.25) is 23.3 Å². The monoisotopic (exact) mass is 901 g/mol. The van der Waals surface area contributed by atoms with Crippen LogP contribution in [-0.2, 0) is 32.1 Å². The van der Waals surface area contributed by atoms with Crippen LogP contribution in [0.2, 0.25) is 18.1 Å². The second kappa shape index (κ2) is 17.6. The van der Waals surface area contributed by atoms with E-state index in [2.05, 4.69) is 35.2 Å². The molecule has 1 aromatic carbocycles. The Balaban J connectivity index is 1.23. The first-order valence-corrected chi connectivity index (χ1v) is 24.9. The number of aromatic amines is 1. The molecule has 5 aromatic rings. The maximum absolute atomic E-state index is 16.8. The molecule has 2 aliphatic rings. The molecule has 4 N–H and O–H groups in total. The van der Waals surface area contributed by atoms with Crippen LogP contribution < -0.4 is 10.9 Å². The number of benzene rings is 1. The average Bonchev–Trinajstić information content (AvgIpc) is 4.00. The van der Waals surface area contributed by atoms with Crippen molar-refractivity contribution in [1.82, 2.24) is 39.0 Å². The number of imidazole rings is 2. The Morgan fingerprint density at radius 2 is 1.72 bits per heavy atom. The first-order valence-electron chi connectivity index (χ1n) is 19.1. The Bertz CT molecular complexity index is 2570. The highest BCUT2D eigenvalue weighted by Gasteiger charge is 2.62. The fraction of sp³-hybridized carbons (Fsp3) is 0.500. The standard InChI is InChI=1S/C36H43FN10O11P2Si/c1-36(2,3)61(4,5)58-26-22(57-35(27(26)59(51)52)47-18-43-24-29(39-16-40-30(24)47)45-32(49)20-10-7-6-8-11-20)15-55-60(53,54-13-9-12-38)28-21(14-48)56-34(23(28)37)46-19-44-25-31(46)41-17-42-33(25)50/h6-8,10-11,16-19,21-23,26-28,34-35,48H,9,13-15H2,1-5H3,(H2-,39,40,41,42,45,49,50,51,52)/p+1/t21?,22?,23-,26-,27-,28-,34?,35+,60?/m1/s1. The van der Waals surface area contributed by atoms with Crippen molar-refractivity contribution in [3.8, 4) is 6.07 Å². The number of alkyl halides is 1. The molecule has 0 radical (unpaired) electrons. The van der Waals surface area contributed by atoms with E-state index in [0.29, 0.717) is 5.56 Å². The molecule has 324 valence electrons. The van der Waals surface area contributed by atoms with Crippen LogP contribution in [-0.4, -0.2) is 119 Å². The number of carbonyl (C=O) groups is 1. The number of anilines is 1. The third-order valence-electron chi connectivity index (χ3n) is 11.1. The molecule has 0 spiro atoms. The van der Waals surface area contributed by atoms with E-state index in [4.69, 9.17) is 22.9 Å². The van der Waals surface area contributed by atoms with Crippen LogP contribution >= 0.6 is 15.6 Å². The second-order valence-corrected chi connectivity index (χ2v) is 24.0. The van der Waals surface area contributed by atoms with E-state index >= 15 is 4.39 Å². The van der Waals surface area contributed by atoms with E-state index in [-0.39, 0.29) is 34.6 Å². The van der Waals surface area contributed by atoms with E-state index in [1.54, 1.807) is 30.3 Å². The minimum atomic E-state index is -4.78. The number of H-pyrrole nitrogens is 1. The zero-order valence-electron chi connectivity index (χ0n) is 33.6. The zero-order valence-corrected chi connectivity index (χ0v) is 36.4. The predicted molar refractivity (Wildman–Crippen MR) is 217 cm³/mol. The van der Waals surface area contributed by atoms with Gasteiger partial charge in [-0.05, 0) is 34.8 Å². The highest BCUT2D eigenvalue weighted by molar-refractivity contribution is 7.54. The summed E-state index contributed by atoms with van der Waals surface area (Å²) in [5.41, 5.74) is -3.22. The first-order chi connectivity index (χ1) is 29.0. The molecular formula is C36H44FN10O11P2Si+. The number of aliphatic hydroxyl groups is 1. The molecule has 0 saturated carbocycles. The molecule has 0 aliphatic carbocycles. The SMILES string of the molecule is CC(C)(C)[Si](C)(C)O[C@@H]1C(COP(=O)(OCCC#N)[C@@H]2C(CO)OC(n3cnc4c(=O)[nH]cnc43)[C@@H]2F)O[C@H](n2cnc3c(NC(=O)c4ccccc4)ncnc32)[C@@H]1[P+](=O)O. The van der Waals surface area contributed by atoms with Gasteiger partial charge in [-0.1, -0.05) is 39.0 Å². The predicted octanol–water partition coefficient (Wildman–Crippen LogP) is 4.34. The van der Waals surface area contributed by atoms with Crippen LogP contribution in [0.25, 0.3) is 22.3 Å². The van der Waals surface area contributed by atoms with Crippen molar-refractivity contribution in [2.24, 2.45) is 0 Å². The van der Waals surface area contributed by atoms with Crippen LogP contribution in [0.4, 0.5) is 10.2 Å². The van der Waals surface area contributed by atoms with E-state index < -0.39 is 109 Å². The number of hydrogen-bond donors (Lipinski definition) is 4. The molecule has 0 bridgehead atoms. The average molecular weight is 902 g/mol. The zero-order chi connectivity index (χ0) is 43.9. The van der Waals surface area contributed by atoms with Gasteiger partial charge in [-0.2, -0.15) is 10.2 Å². The number of fused-ring (bicyclic) bond motifs is 2. The molecule has 1 amide bonds. The quantitative estimate of drug-likeness (QED) is 0.0646. The van der Waals surface area contributed by atoms with Gasteiger partial charge in [0.25, 0.3) is 17.1 Å². The largest absolute Gasteiger partial charge is 0.516 e. The van der Waals surface area contributed by atoms with Crippen molar-refractivity contribution in [2.75, 3.05) is 25.1 Å². The Morgan fingerprint density at radius 1 is 1.05 bits per heavy atom. The lowest BCUT2D eigenvalue weighted by atomic mass is 10.2. The molecule has 7 rings (SSSR count). The van der Waals surface area contributed by atoms with Gasteiger partial charge >= 0.3 is 15.6 Å². The number of hydrogen-bond acceptors (Lipinski definition) is 16. The summed E-state index contributed by atoms with van der Waals surface area (Å²) < 4.78 is 78.8. The van der Waals surface area contributed by atoms with Crippen LogP contribution in [0.5, 0.6) is 0 Å². The van der Waals surface area contributed by atoms with Crippen LogP contribution in [0, 0.1) is 11.3 Å². The third-order valence-corrected chi connectivity index (χ3v) is 19.0. The lowest BCUT2D eigenvalue weighted by molar-refractivity contribution is -0.0410. The van der Waals surface area contributed by atoms with Crippen LogP contribution in [0.1, 0.15) is 50.0 Å². The van der Waals surface area contributed by atoms with Gasteiger partial charge in [0.05, 0.1) is 51.3 Å². The highest BCUT2D eigenvalue weighted by atomic mass is 31.2. The third kappa shape index (κ3) is 8.57. The van der Waals surface area contributed by atoms with Gasteiger partial charge in [0.2, 0.25) is 0 Å². The molecule has 25 heteroatoms. The Labute approximate surface area is 349 Å². The van der Waals surface area contributed by atoms with Gasteiger partial charge in [-0.15, -0.1) is 0 Å². The number of aliphatic hydroxyl groups excluding tert-OH is 1. The van der Waals surface area contributed by atoms with Gasteiger partial charge in [0, 0.05) is 5.56 Å². The Kier molecular flexibility index (Phi) is 12.8. The summed E-state index contributed by atoms with van der Waals surface area (Å²) in [7, 11) is -10.7. The minimum Gasteiger partial charge on any atom is -0.406 e. The smallest absolute Gasteiger partial charge is 0.406 e. The van der Waals surface area contributed by atoms with Gasteiger partial charge in [0.15, 0.2) is 55.1 Å². The number of halogens is 1. The topological polar surface area (TPSA) is 281 Å². The summed E-state index contributed by atoms with van der Waals surface area (Å²) in [5, 5.41) is 22.0. The minimum absolute atomic E-state index is 0.0435. The number of nitrogens with one attached hydrogen (secondary N) is 2. The van der Waals surface area contributed by atoms with Gasteiger partial charge in [-0.25, -0.2) is 29.3 Å². The fourth-order valence-corrected chi connectivity index (χ4v) is 11.6. The van der Waals surface area contributed by atoms with Gasteiger partial charge in [0.1, 0.15) is 30.3 Å². The van der Waals surface area contributed by atoms with Crippen molar-refractivity contribution < 1.29 is 51.3 Å². The second-order valence-electron chi connectivity index (χ2n) is 15.9. The fourth-order valence-electron chi connectivity index (χ4n) is 6.99. The van der Waals surface area contributed by atoms with Crippen LogP contribution in [0.15, 0.2) is 60.4 Å². The van der Waals surface area contributed by atoms with Crippen LogP contribution in [0.3, 0.4) is 0 Å². The maximum atomic E-state index is 16.8. The van der Waals surface area contributed by atoms with Crippen molar-refractivity contribution in [1.29, 1.82) is 5.26 Å². The van der Waals surface area contributed by atoms with Gasteiger partial charge < -0.3 is 38.4 Å². The van der Waals surface area contributed by atoms with E-state index in [1.165, 1.54) is 17.2 Å². The lowest BCUT2D eigenvalue weighted by Crippen LogP contribution is -2.49. The summed E-state index contributed by atoms with van der Waals surface area (Å²) >= 11 is 0. The Hall–Kier alpha value is -4.72. The molecule has 61 heavy (non-hydrogen) atoms. The van der Waals surface area contributed by atoms with E-state index in [9.17, 15) is 34.0 Å². The summed E-state index contributed by atoms with van der Waals surface area (Å²) in [6, 6.07) is 10.3. The van der Waals surface area contributed by atoms with Crippen molar-refractivity contribution >= 4 is 58.0 Å². The highest BCUT2D eigenvalue weighted by Crippen LogP contribution is 2.61. The molecule has 21 nitrogen and oxygen atoms in total. The molecule has 10 atom stereocenters. The summed E-state index contributed by atoms with van der Waals surface area (Å²) in [6.45, 7) is 7.80. The number of rotatable bonds is 15. The molecule has 2 aliphatic heterocycles. The molecule has 6 heterocycles. The summed E-state index contributed by atoms with van der Waals surface area (Å²) in [5.74, 6) is -0.402. The number of aromatic nitrogens is 8. The van der Waals surface area contributed by atoms with Crippen molar-refractivity contribution in [3.63, 3.8) is 0 Å². The first kappa shape index (κ1) is 44.3. The van der Waals surface area contributed by atoms with Crippen molar-refractivity contribution in [3.05, 3.63) is 71.6 Å². The normalized spacial score (nSPS) is 25.7. The van der Waals surface area contributed by atoms with E-state index in [0.717, 1.165) is 17.2 Å². The number of amides is 1. The molecule has 4 aromatic heterocycles. The summed E-state index contributed by atoms with van der Waals surface area (Å²) in [6.07, 6.45) is -4.62. The lowest BCUT2D eigenvalue weighted by Gasteiger charge is -2.39. The maximum Gasteiger partial charge on any atom is 0.516 e. The number of ether oxygens (including phenoxy) is 2. The molecule has 2 fully saturated rings. The summed E-state index contributed by atoms with van der Waals surface area (Å²) in [4.78, 5) is 59.9. The number of nitriles is 1. The molecular weight excluding hydrogens is 857 g/mol. The number of carbonyl (C=O) groups excluding carboxylic acids is 1. The van der Waals surface area contributed by atoms with Crippen molar-refractivity contribution in [2.45, 2.75) is 93.6 Å². The number of nitrogens with zero attached hydrogens (tertiary/aromatic N) is 8. The molecule has 5 unspecified atom stereocenters. The molecule has 2 saturated heterocycles. The Morgan fingerprint density at radius 3 is 2.39 bits per heavy atom. The van der Waals surface area contributed by atoms with E-state index in [1.807, 2.05) is 39.9 Å².